The molecule has 1 aliphatic heterocycles. The molecule has 5 rings (SSSR count). The second kappa shape index (κ2) is 8.85. The zero-order valence-corrected chi connectivity index (χ0v) is 18.8. The number of H-pyrrole nitrogens is 1. The van der Waals surface area contributed by atoms with E-state index in [2.05, 4.69) is 9.97 Å². The van der Waals surface area contributed by atoms with Crippen LogP contribution in [0.15, 0.2) is 42.6 Å². The molecule has 0 saturated carbocycles. The first-order valence-electron chi connectivity index (χ1n) is 11.0. The number of carbonyl (C=O) groups is 1. The molecule has 0 bridgehead atoms. The summed E-state index contributed by atoms with van der Waals surface area (Å²) in [5.41, 5.74) is 2.80. The third-order valence-electron chi connectivity index (χ3n) is 6.11. The molecule has 0 unspecified atom stereocenters. The number of carboxylic acid groups (broad SMARTS) is 1. The molecule has 4 aromatic rings. The van der Waals surface area contributed by atoms with Crippen molar-refractivity contribution in [3.8, 4) is 28.6 Å². The molecule has 2 N–H and O–H groups in total. The lowest BCUT2D eigenvalue weighted by molar-refractivity contribution is -0.0214. The molecule has 3 aromatic heterocycles. The van der Waals surface area contributed by atoms with Crippen LogP contribution in [-0.4, -0.2) is 56.3 Å². The van der Waals surface area contributed by atoms with Crippen LogP contribution in [0, 0.1) is 29.9 Å². The maximum absolute atomic E-state index is 15.4. The minimum absolute atomic E-state index is 0.136. The molecule has 178 valence electrons. The van der Waals surface area contributed by atoms with Gasteiger partial charge >= 0.3 is 6.09 Å². The van der Waals surface area contributed by atoms with Crippen molar-refractivity contribution in [2.24, 2.45) is 0 Å². The highest BCUT2D eigenvalue weighted by molar-refractivity contribution is 5.72. The number of halogens is 2. The standard InChI is InChI=1S/C25H21F2N5O3/c1-14-4-5-32-21(11-17-13-31(25(33)34)6-7-35-17)24(30-22(32)8-14)23-18(26)9-15(10-19(23)27)20-3-2-16(12-28)29-20/h2-5,8-10,17,29H,6-7,11,13H2,1H3,(H,33,34)/t17-/m0/s1. The lowest BCUT2D eigenvalue weighted by Gasteiger charge is -2.31. The van der Waals surface area contributed by atoms with Crippen LogP contribution < -0.4 is 0 Å². The predicted octanol–water partition coefficient (Wildman–Crippen LogP) is 4.38. The molecular weight excluding hydrogens is 456 g/mol. The molecule has 1 saturated heterocycles. The van der Waals surface area contributed by atoms with Gasteiger partial charge in [-0.15, -0.1) is 0 Å². The highest BCUT2D eigenvalue weighted by atomic mass is 19.1. The van der Waals surface area contributed by atoms with Gasteiger partial charge in [0.05, 0.1) is 36.2 Å². The lowest BCUT2D eigenvalue weighted by atomic mass is 10.0. The van der Waals surface area contributed by atoms with Gasteiger partial charge in [-0.25, -0.2) is 18.6 Å². The van der Waals surface area contributed by atoms with Gasteiger partial charge in [0.15, 0.2) is 0 Å². The number of nitrogens with zero attached hydrogens (tertiary/aromatic N) is 4. The summed E-state index contributed by atoms with van der Waals surface area (Å²) >= 11 is 0. The Morgan fingerprint density at radius 2 is 2.06 bits per heavy atom. The first kappa shape index (κ1) is 22.6. The number of aromatic nitrogens is 3. The minimum Gasteiger partial charge on any atom is -0.465 e. The molecular formula is C25H21F2N5O3. The van der Waals surface area contributed by atoms with Crippen LogP contribution in [0.25, 0.3) is 28.2 Å². The SMILES string of the molecule is Cc1ccn2c(C[C@H]3CN(C(=O)O)CCO3)c(-c3c(F)cc(-c4ccc(C#N)[nH]4)cc3F)nc2c1. The van der Waals surface area contributed by atoms with Gasteiger partial charge in [-0.05, 0) is 48.9 Å². The quantitative estimate of drug-likeness (QED) is 0.454. The normalized spacial score (nSPS) is 15.9. The lowest BCUT2D eigenvalue weighted by Crippen LogP contribution is -2.45. The Bertz CT molecular complexity index is 1460. The number of amides is 1. The van der Waals surface area contributed by atoms with Crippen LogP contribution >= 0.6 is 0 Å². The number of nitrogens with one attached hydrogen (secondary N) is 1. The summed E-state index contributed by atoms with van der Waals surface area (Å²) in [4.78, 5) is 20.1. The first-order chi connectivity index (χ1) is 16.8. The molecule has 8 nitrogen and oxygen atoms in total. The van der Waals surface area contributed by atoms with Crippen molar-refractivity contribution in [1.82, 2.24) is 19.3 Å². The number of fused-ring (bicyclic) bond motifs is 1. The number of aromatic amines is 1. The number of pyridine rings is 1. The third kappa shape index (κ3) is 4.22. The van der Waals surface area contributed by atoms with Crippen molar-refractivity contribution in [2.75, 3.05) is 19.7 Å². The van der Waals surface area contributed by atoms with E-state index >= 15 is 8.78 Å². The molecule has 10 heteroatoms. The molecule has 35 heavy (non-hydrogen) atoms. The Morgan fingerprint density at radius 1 is 1.29 bits per heavy atom. The van der Waals surface area contributed by atoms with Crippen molar-refractivity contribution in [3.05, 3.63) is 71.2 Å². The average molecular weight is 477 g/mol. The Morgan fingerprint density at radius 3 is 2.74 bits per heavy atom. The first-order valence-corrected chi connectivity index (χ1v) is 11.0. The van der Waals surface area contributed by atoms with Gasteiger partial charge < -0.3 is 24.1 Å². The number of hydrogen-bond donors (Lipinski definition) is 2. The van der Waals surface area contributed by atoms with Crippen LogP contribution in [0.3, 0.4) is 0 Å². The smallest absolute Gasteiger partial charge is 0.407 e. The van der Waals surface area contributed by atoms with Crippen molar-refractivity contribution < 1.29 is 23.4 Å². The Balaban J connectivity index is 1.60. The van der Waals surface area contributed by atoms with Gasteiger partial charge in [-0.3, -0.25) is 0 Å². The van der Waals surface area contributed by atoms with Gasteiger partial charge in [0, 0.05) is 30.4 Å². The highest BCUT2D eigenvalue weighted by Crippen LogP contribution is 2.34. The zero-order valence-electron chi connectivity index (χ0n) is 18.8. The predicted molar refractivity (Wildman–Crippen MR) is 123 cm³/mol. The number of hydrogen-bond acceptors (Lipinski definition) is 4. The number of rotatable bonds is 4. The van der Waals surface area contributed by atoms with E-state index < -0.39 is 23.8 Å². The fourth-order valence-electron chi connectivity index (χ4n) is 4.41. The van der Waals surface area contributed by atoms with Crippen LogP contribution in [0.1, 0.15) is 17.0 Å². The van der Waals surface area contributed by atoms with E-state index in [9.17, 15) is 9.90 Å². The van der Waals surface area contributed by atoms with Crippen molar-refractivity contribution in [1.29, 1.82) is 5.26 Å². The van der Waals surface area contributed by atoms with E-state index in [1.165, 1.54) is 23.1 Å². The summed E-state index contributed by atoms with van der Waals surface area (Å²) in [6.45, 7) is 2.54. The molecule has 0 aliphatic carbocycles. The van der Waals surface area contributed by atoms with E-state index in [0.29, 0.717) is 17.0 Å². The maximum atomic E-state index is 15.4. The summed E-state index contributed by atoms with van der Waals surface area (Å²) in [6, 6.07) is 11.1. The second-order valence-corrected chi connectivity index (χ2v) is 8.48. The summed E-state index contributed by atoms with van der Waals surface area (Å²) in [7, 11) is 0. The largest absolute Gasteiger partial charge is 0.465 e. The van der Waals surface area contributed by atoms with Gasteiger partial charge in [-0.1, -0.05) is 0 Å². The molecule has 1 amide bonds. The van der Waals surface area contributed by atoms with Crippen LogP contribution in [-0.2, 0) is 11.2 Å². The van der Waals surface area contributed by atoms with Gasteiger partial charge in [0.1, 0.15) is 29.0 Å². The van der Waals surface area contributed by atoms with Crippen molar-refractivity contribution in [3.63, 3.8) is 0 Å². The van der Waals surface area contributed by atoms with E-state index in [0.717, 1.165) is 5.56 Å². The summed E-state index contributed by atoms with van der Waals surface area (Å²) in [6.07, 6.45) is 0.463. The summed E-state index contributed by atoms with van der Waals surface area (Å²) < 4.78 is 38.4. The fraction of sp³-hybridized carbons (Fsp3) is 0.240. The fourth-order valence-corrected chi connectivity index (χ4v) is 4.41. The average Bonchev–Trinajstić information content (AvgIpc) is 3.44. The number of nitriles is 1. The Labute approximate surface area is 199 Å². The third-order valence-corrected chi connectivity index (χ3v) is 6.11. The highest BCUT2D eigenvalue weighted by Gasteiger charge is 2.28. The van der Waals surface area contributed by atoms with E-state index in [-0.39, 0.29) is 48.6 Å². The van der Waals surface area contributed by atoms with Gasteiger partial charge in [0.25, 0.3) is 0 Å². The van der Waals surface area contributed by atoms with Crippen molar-refractivity contribution >= 4 is 11.7 Å². The van der Waals surface area contributed by atoms with E-state index in [4.69, 9.17) is 10.00 Å². The Kier molecular flexibility index (Phi) is 5.70. The summed E-state index contributed by atoms with van der Waals surface area (Å²) in [5.74, 6) is -1.60. The number of benzene rings is 1. The molecule has 1 aromatic carbocycles. The molecule has 0 radical (unpaired) electrons. The number of morpholine rings is 1. The van der Waals surface area contributed by atoms with Crippen LogP contribution in [0.4, 0.5) is 13.6 Å². The zero-order chi connectivity index (χ0) is 24.7. The summed E-state index contributed by atoms with van der Waals surface area (Å²) in [5, 5.41) is 18.4. The topological polar surface area (TPSA) is 107 Å². The number of ether oxygens (including phenoxy) is 1. The van der Waals surface area contributed by atoms with Gasteiger partial charge in [-0.2, -0.15) is 5.26 Å². The van der Waals surface area contributed by atoms with E-state index in [1.807, 2.05) is 25.1 Å². The number of imidazole rings is 1. The van der Waals surface area contributed by atoms with E-state index in [1.54, 1.807) is 16.7 Å². The Hall–Kier alpha value is -4.23. The molecule has 1 fully saturated rings. The van der Waals surface area contributed by atoms with Gasteiger partial charge in [0.2, 0.25) is 0 Å². The minimum atomic E-state index is -1.04. The van der Waals surface area contributed by atoms with Crippen molar-refractivity contribution in [2.45, 2.75) is 19.4 Å². The monoisotopic (exact) mass is 477 g/mol. The second-order valence-electron chi connectivity index (χ2n) is 8.48. The molecule has 1 atom stereocenters. The van der Waals surface area contributed by atoms with Crippen LogP contribution in [0.2, 0.25) is 0 Å². The molecule has 1 aliphatic rings. The molecule has 4 heterocycles. The van der Waals surface area contributed by atoms with Crippen LogP contribution in [0.5, 0.6) is 0 Å². The number of aryl methyl sites for hydroxylation is 1. The molecule has 0 spiro atoms. The maximum Gasteiger partial charge on any atom is 0.407 e.